The smallest absolute Gasteiger partial charge is 0.355 e. The number of ether oxygens (including phenoxy) is 1. The number of non-ortho nitro benzene ring substituents is 1. The Morgan fingerprint density at radius 3 is 2.50 bits per heavy atom. The van der Waals surface area contributed by atoms with Gasteiger partial charge in [-0.25, -0.2) is 4.79 Å². The van der Waals surface area contributed by atoms with Crippen molar-refractivity contribution in [3.8, 4) is 0 Å². The van der Waals surface area contributed by atoms with Gasteiger partial charge in [-0.2, -0.15) is 0 Å². The van der Waals surface area contributed by atoms with E-state index in [-0.39, 0.29) is 35.7 Å². The fourth-order valence-corrected chi connectivity index (χ4v) is 4.92. The van der Waals surface area contributed by atoms with E-state index in [0.29, 0.717) is 29.8 Å². The number of aromatic amines is 1. The Bertz CT molecular complexity index is 1280. The van der Waals surface area contributed by atoms with Crippen LogP contribution in [0.3, 0.4) is 0 Å². The molecule has 2 aromatic rings. The molecule has 1 saturated heterocycles. The summed E-state index contributed by atoms with van der Waals surface area (Å²) >= 11 is 0. The number of nitrogens with one attached hydrogen (secondary N) is 1. The summed E-state index contributed by atoms with van der Waals surface area (Å²) in [4.78, 5) is 56.4. The van der Waals surface area contributed by atoms with Gasteiger partial charge in [-0.15, -0.1) is 0 Å². The van der Waals surface area contributed by atoms with Gasteiger partial charge in [-0.1, -0.05) is 26.0 Å². The van der Waals surface area contributed by atoms with Crippen molar-refractivity contribution in [2.75, 3.05) is 32.8 Å². The third-order valence-electron chi connectivity index (χ3n) is 6.86. The number of Topliss-reactive ketones (excluding diaryl/α,β-unsaturated/α-hetero) is 1. The molecule has 0 bridgehead atoms. The zero-order valence-corrected chi connectivity index (χ0v) is 22.4. The summed E-state index contributed by atoms with van der Waals surface area (Å²) in [6.07, 6.45) is 0.565. The Labute approximate surface area is 221 Å². The summed E-state index contributed by atoms with van der Waals surface area (Å²) in [5, 5.41) is 23.0. The quantitative estimate of drug-likeness (QED) is 0.112. The molecule has 204 valence electrons. The number of amides is 1. The second-order valence-electron chi connectivity index (χ2n) is 9.07. The highest BCUT2D eigenvalue weighted by atomic mass is 16.6. The van der Waals surface area contributed by atoms with Crippen molar-refractivity contribution in [3.63, 3.8) is 0 Å². The molecule has 0 saturated carbocycles. The first-order valence-electron chi connectivity index (χ1n) is 12.7. The topological polar surface area (TPSA) is 146 Å². The number of hydrogen-bond donors (Lipinski definition) is 2. The molecule has 11 nitrogen and oxygen atoms in total. The van der Waals surface area contributed by atoms with E-state index in [0.717, 1.165) is 13.1 Å². The predicted molar refractivity (Wildman–Crippen MR) is 141 cm³/mol. The van der Waals surface area contributed by atoms with Crippen LogP contribution in [0, 0.1) is 24.0 Å². The lowest BCUT2D eigenvalue weighted by Gasteiger charge is -2.26. The van der Waals surface area contributed by atoms with Crippen molar-refractivity contribution in [1.82, 2.24) is 14.8 Å². The molecule has 1 amide bonds. The van der Waals surface area contributed by atoms with E-state index in [1.807, 2.05) is 13.8 Å². The van der Waals surface area contributed by atoms with Crippen LogP contribution in [0.4, 0.5) is 5.69 Å². The highest BCUT2D eigenvalue weighted by Crippen LogP contribution is 2.41. The molecule has 38 heavy (non-hydrogen) atoms. The Morgan fingerprint density at radius 1 is 1.21 bits per heavy atom. The van der Waals surface area contributed by atoms with E-state index in [1.54, 1.807) is 26.8 Å². The minimum Gasteiger partial charge on any atom is -0.507 e. The minimum absolute atomic E-state index is 0.131. The first-order valence-corrected chi connectivity index (χ1v) is 12.7. The third kappa shape index (κ3) is 5.47. The first kappa shape index (κ1) is 28.6. The molecule has 3 rings (SSSR count). The summed E-state index contributed by atoms with van der Waals surface area (Å²) in [6, 6.07) is 4.67. The normalized spacial score (nSPS) is 16.9. The van der Waals surface area contributed by atoms with Crippen molar-refractivity contribution in [1.29, 1.82) is 0 Å². The standard InChI is InChI=1S/C27H34N4O7/c1-6-29(7-2)13-10-14-30-23(18-11-9-12-19(15-18)31(36)37)21(25(33)26(30)34)24(32)20-16(4)22(28-17(20)5)27(35)38-8-3/h9,11-12,15,23,28,32H,6-8,10,13-14H2,1-5H3. The number of ketones is 1. The van der Waals surface area contributed by atoms with Gasteiger partial charge in [0.1, 0.15) is 11.5 Å². The van der Waals surface area contributed by atoms with Gasteiger partial charge in [0.25, 0.3) is 17.4 Å². The second kappa shape index (κ2) is 12.0. The monoisotopic (exact) mass is 526 g/mol. The van der Waals surface area contributed by atoms with Gasteiger partial charge in [-0.3, -0.25) is 19.7 Å². The Morgan fingerprint density at radius 2 is 1.89 bits per heavy atom. The fourth-order valence-electron chi connectivity index (χ4n) is 4.92. The number of aryl methyl sites for hydroxylation is 1. The molecule has 1 aromatic carbocycles. The molecule has 1 aliphatic heterocycles. The zero-order valence-electron chi connectivity index (χ0n) is 22.4. The van der Waals surface area contributed by atoms with E-state index in [2.05, 4.69) is 9.88 Å². The number of nitro benzene ring substituents is 1. The number of rotatable bonds is 11. The van der Waals surface area contributed by atoms with Crippen LogP contribution in [0.15, 0.2) is 29.8 Å². The maximum absolute atomic E-state index is 13.4. The van der Waals surface area contributed by atoms with E-state index >= 15 is 0 Å². The summed E-state index contributed by atoms with van der Waals surface area (Å²) in [7, 11) is 0. The van der Waals surface area contributed by atoms with Crippen LogP contribution in [-0.4, -0.2) is 75.3 Å². The number of H-pyrrole nitrogens is 1. The number of aliphatic hydroxyl groups is 1. The number of nitrogens with zero attached hydrogens (tertiary/aromatic N) is 3. The lowest BCUT2D eigenvalue weighted by molar-refractivity contribution is -0.384. The minimum atomic E-state index is -1.04. The molecule has 2 N–H and O–H groups in total. The summed E-state index contributed by atoms with van der Waals surface area (Å²) in [5.41, 5.74) is 1.07. The Kier molecular flexibility index (Phi) is 9.05. The molecule has 0 spiro atoms. The highest BCUT2D eigenvalue weighted by Gasteiger charge is 2.46. The maximum atomic E-state index is 13.4. The molecule has 1 unspecified atom stereocenters. The Balaban J connectivity index is 2.16. The average Bonchev–Trinajstić information content (AvgIpc) is 3.33. The molecule has 2 heterocycles. The Hall–Kier alpha value is -3.99. The molecule has 1 atom stereocenters. The summed E-state index contributed by atoms with van der Waals surface area (Å²) in [5.74, 6) is -2.74. The summed E-state index contributed by atoms with van der Waals surface area (Å²) < 4.78 is 5.08. The van der Waals surface area contributed by atoms with Crippen molar-refractivity contribution in [2.24, 2.45) is 0 Å². The first-order chi connectivity index (χ1) is 18.1. The molecular weight excluding hydrogens is 492 g/mol. The average molecular weight is 527 g/mol. The highest BCUT2D eigenvalue weighted by molar-refractivity contribution is 6.46. The van der Waals surface area contributed by atoms with Gasteiger partial charge in [0.2, 0.25) is 0 Å². The van der Waals surface area contributed by atoms with Crippen LogP contribution in [0.5, 0.6) is 0 Å². The van der Waals surface area contributed by atoms with Crippen molar-refractivity contribution in [3.05, 3.63) is 68.0 Å². The lowest BCUT2D eigenvalue weighted by atomic mass is 9.93. The molecular formula is C27H34N4O7. The van der Waals surface area contributed by atoms with E-state index in [4.69, 9.17) is 4.74 Å². The van der Waals surface area contributed by atoms with Crippen LogP contribution in [0.1, 0.15) is 66.1 Å². The van der Waals surface area contributed by atoms with Gasteiger partial charge in [0, 0.05) is 29.9 Å². The van der Waals surface area contributed by atoms with Gasteiger partial charge in [0.05, 0.1) is 23.1 Å². The van der Waals surface area contributed by atoms with Crippen LogP contribution < -0.4 is 0 Å². The van der Waals surface area contributed by atoms with E-state index < -0.39 is 34.4 Å². The van der Waals surface area contributed by atoms with Crippen molar-refractivity contribution in [2.45, 2.75) is 47.1 Å². The van der Waals surface area contributed by atoms with Crippen LogP contribution in [-0.2, 0) is 14.3 Å². The SMILES string of the molecule is CCOC(=O)c1[nH]c(C)c(C(O)=C2C(=O)C(=O)N(CCCN(CC)CC)C2c2cccc([N+](=O)[O-])c2)c1C. The van der Waals surface area contributed by atoms with Gasteiger partial charge in [0.15, 0.2) is 0 Å². The predicted octanol–water partition coefficient (Wildman–Crippen LogP) is 3.87. The van der Waals surface area contributed by atoms with Crippen LogP contribution >= 0.6 is 0 Å². The number of aliphatic hydroxyl groups excluding tert-OH is 1. The second-order valence-corrected chi connectivity index (χ2v) is 9.07. The maximum Gasteiger partial charge on any atom is 0.355 e. The molecule has 0 aliphatic carbocycles. The number of carbonyl (C=O) groups is 3. The zero-order chi connectivity index (χ0) is 28.1. The number of carbonyl (C=O) groups excluding carboxylic acids is 3. The van der Waals surface area contributed by atoms with Crippen molar-refractivity contribution < 1.29 is 29.2 Å². The number of nitro groups is 1. The number of likely N-dealkylation sites (tertiary alicyclic amines) is 1. The lowest BCUT2D eigenvalue weighted by Crippen LogP contribution is -2.33. The molecule has 1 aliphatic rings. The number of hydrogen-bond acceptors (Lipinski definition) is 8. The number of aromatic nitrogens is 1. The van der Waals surface area contributed by atoms with E-state index in [9.17, 15) is 29.6 Å². The number of esters is 1. The third-order valence-corrected chi connectivity index (χ3v) is 6.86. The van der Waals surface area contributed by atoms with Crippen LogP contribution in [0.2, 0.25) is 0 Å². The molecule has 11 heteroatoms. The van der Waals surface area contributed by atoms with Gasteiger partial charge < -0.3 is 24.6 Å². The largest absolute Gasteiger partial charge is 0.507 e. The van der Waals surface area contributed by atoms with Gasteiger partial charge in [-0.05, 0) is 58.0 Å². The fraction of sp³-hybridized carbons (Fsp3) is 0.444. The molecule has 1 aromatic heterocycles. The summed E-state index contributed by atoms with van der Waals surface area (Å²) in [6.45, 7) is 11.7. The van der Waals surface area contributed by atoms with Gasteiger partial charge >= 0.3 is 5.97 Å². The van der Waals surface area contributed by atoms with E-state index in [1.165, 1.54) is 23.1 Å². The molecule has 0 radical (unpaired) electrons. The van der Waals surface area contributed by atoms with Crippen LogP contribution in [0.25, 0.3) is 5.76 Å². The molecule has 1 fully saturated rings. The number of benzene rings is 1. The van der Waals surface area contributed by atoms with Crippen molar-refractivity contribution >= 4 is 29.1 Å².